The van der Waals surface area contributed by atoms with Gasteiger partial charge < -0.3 is 4.98 Å². The van der Waals surface area contributed by atoms with Crippen LogP contribution in [0.2, 0.25) is 0 Å². The lowest BCUT2D eigenvalue weighted by Crippen LogP contribution is -2.45. The fraction of sp³-hybridized carbons (Fsp3) is 0.333. The van der Waals surface area contributed by atoms with Gasteiger partial charge in [-0.05, 0) is 73.5 Å². The van der Waals surface area contributed by atoms with Crippen molar-refractivity contribution in [1.29, 1.82) is 0 Å². The van der Waals surface area contributed by atoms with Gasteiger partial charge >= 0.3 is 0 Å². The highest BCUT2D eigenvalue weighted by molar-refractivity contribution is 6.02. The maximum absolute atomic E-state index is 13.2. The number of nitrogens with zero attached hydrogens (tertiary/aromatic N) is 1. The molecule has 1 unspecified atom stereocenters. The second kappa shape index (κ2) is 9.38. The molecule has 3 aromatic rings. The van der Waals surface area contributed by atoms with Gasteiger partial charge in [-0.15, -0.1) is 12.4 Å². The average molecular weight is 411 g/mol. The number of fused-ring (bicyclic) bond motifs is 1. The van der Waals surface area contributed by atoms with Crippen LogP contribution in [0.15, 0.2) is 65.5 Å². The number of H-pyrrole nitrogens is 1. The van der Waals surface area contributed by atoms with E-state index in [0.29, 0.717) is 5.92 Å². The first-order valence-electron chi connectivity index (χ1n) is 10.1. The van der Waals surface area contributed by atoms with Crippen molar-refractivity contribution in [1.82, 2.24) is 9.88 Å². The van der Waals surface area contributed by atoms with Gasteiger partial charge in [-0.2, -0.15) is 0 Å². The lowest BCUT2D eigenvalue weighted by molar-refractivity contribution is 0.0763. The van der Waals surface area contributed by atoms with Gasteiger partial charge in [-0.3, -0.25) is 14.5 Å². The first kappa shape index (κ1) is 21.3. The summed E-state index contributed by atoms with van der Waals surface area (Å²) in [4.78, 5) is 29.8. The average Bonchev–Trinajstić information content (AvgIpc) is 2.75. The third-order valence-electron chi connectivity index (χ3n) is 5.94. The van der Waals surface area contributed by atoms with Crippen LogP contribution in [0, 0.1) is 0 Å². The number of hydrogen-bond acceptors (Lipinski definition) is 3. The van der Waals surface area contributed by atoms with E-state index in [9.17, 15) is 9.59 Å². The normalized spacial score (nSPS) is 16.3. The van der Waals surface area contributed by atoms with Crippen molar-refractivity contribution < 1.29 is 4.79 Å². The first-order chi connectivity index (χ1) is 13.7. The van der Waals surface area contributed by atoms with Crippen LogP contribution < -0.4 is 5.56 Å². The molecule has 4 rings (SSSR count). The molecule has 1 N–H and O–H groups in total. The molecular formula is C24H27ClN2O2. The minimum atomic E-state index is -0.126. The van der Waals surface area contributed by atoms with E-state index < -0.39 is 0 Å². The van der Waals surface area contributed by atoms with E-state index in [1.165, 1.54) is 11.6 Å². The molecule has 0 amide bonds. The van der Waals surface area contributed by atoms with Crippen molar-refractivity contribution in [2.24, 2.45) is 0 Å². The van der Waals surface area contributed by atoms with Gasteiger partial charge in [-0.1, -0.05) is 37.3 Å². The van der Waals surface area contributed by atoms with Crippen LogP contribution in [-0.4, -0.2) is 34.8 Å². The fourth-order valence-electron chi connectivity index (χ4n) is 4.38. The molecule has 1 atom stereocenters. The molecule has 0 spiro atoms. The molecule has 4 nitrogen and oxygen atoms in total. The van der Waals surface area contributed by atoms with Gasteiger partial charge in [0, 0.05) is 17.1 Å². The SMILES string of the molecule is CCC(C(=O)c1ccc2[nH]c(=O)ccc2c1)N1CCC(c2ccccc2)CC1.Cl. The van der Waals surface area contributed by atoms with Crippen molar-refractivity contribution >= 4 is 29.1 Å². The van der Waals surface area contributed by atoms with E-state index in [1.54, 1.807) is 6.07 Å². The summed E-state index contributed by atoms with van der Waals surface area (Å²) in [7, 11) is 0. The zero-order valence-corrected chi connectivity index (χ0v) is 17.5. The quantitative estimate of drug-likeness (QED) is 0.615. The number of Topliss-reactive ketones (excluding diaryl/α,β-unsaturated/α-hetero) is 1. The van der Waals surface area contributed by atoms with E-state index in [1.807, 2.05) is 18.2 Å². The Balaban J connectivity index is 0.00000240. The number of benzene rings is 2. The summed E-state index contributed by atoms with van der Waals surface area (Å²) in [6.07, 6.45) is 2.98. The molecule has 29 heavy (non-hydrogen) atoms. The highest BCUT2D eigenvalue weighted by atomic mass is 35.5. The Morgan fingerprint density at radius 1 is 1.07 bits per heavy atom. The summed E-state index contributed by atoms with van der Waals surface area (Å²) in [5.41, 5.74) is 2.77. The Kier molecular flexibility index (Phi) is 6.88. The predicted octanol–water partition coefficient (Wildman–Crippen LogP) is 4.79. The molecule has 0 radical (unpaired) electrons. The second-order valence-electron chi connectivity index (χ2n) is 7.63. The van der Waals surface area contributed by atoms with E-state index >= 15 is 0 Å². The Morgan fingerprint density at radius 2 is 1.79 bits per heavy atom. The topological polar surface area (TPSA) is 53.2 Å². The van der Waals surface area contributed by atoms with Crippen molar-refractivity contribution in [3.05, 3.63) is 82.1 Å². The largest absolute Gasteiger partial charge is 0.322 e. The third-order valence-corrected chi connectivity index (χ3v) is 5.94. The third kappa shape index (κ3) is 4.60. The minimum absolute atomic E-state index is 0. The highest BCUT2D eigenvalue weighted by Gasteiger charge is 2.29. The summed E-state index contributed by atoms with van der Waals surface area (Å²) in [6.45, 7) is 3.99. The molecule has 2 heterocycles. The molecular weight excluding hydrogens is 384 g/mol. The molecule has 1 saturated heterocycles. The molecule has 0 saturated carbocycles. The molecule has 1 fully saturated rings. The van der Waals surface area contributed by atoms with Crippen LogP contribution in [0.3, 0.4) is 0 Å². The number of nitrogens with one attached hydrogen (secondary N) is 1. The van der Waals surface area contributed by atoms with E-state index in [4.69, 9.17) is 0 Å². The molecule has 1 aliphatic heterocycles. The molecule has 0 aliphatic carbocycles. The van der Waals surface area contributed by atoms with Crippen molar-refractivity contribution in [2.75, 3.05) is 13.1 Å². The first-order valence-corrected chi connectivity index (χ1v) is 10.1. The van der Waals surface area contributed by atoms with E-state index in [2.05, 4.69) is 47.1 Å². The molecule has 1 aromatic heterocycles. The van der Waals surface area contributed by atoms with Crippen molar-refractivity contribution in [3.8, 4) is 0 Å². The lowest BCUT2D eigenvalue weighted by atomic mass is 9.88. The van der Waals surface area contributed by atoms with E-state index in [-0.39, 0.29) is 29.8 Å². The van der Waals surface area contributed by atoms with Crippen LogP contribution in [0.25, 0.3) is 10.9 Å². The second-order valence-corrected chi connectivity index (χ2v) is 7.63. The summed E-state index contributed by atoms with van der Waals surface area (Å²) >= 11 is 0. The smallest absolute Gasteiger partial charge is 0.248 e. The number of hydrogen-bond donors (Lipinski definition) is 1. The molecule has 152 valence electrons. The monoisotopic (exact) mass is 410 g/mol. The summed E-state index contributed by atoms with van der Waals surface area (Å²) < 4.78 is 0. The number of ketones is 1. The standard InChI is InChI=1S/C24H26N2O2.ClH/c1-2-22(26-14-12-18(13-15-26)17-6-4-3-5-7-17)24(28)20-8-10-21-19(16-20)9-11-23(27)25-21;/h3-11,16,18,22H,2,12-15H2,1H3,(H,25,27);1H. The summed E-state index contributed by atoms with van der Waals surface area (Å²) in [5.74, 6) is 0.760. The van der Waals surface area contributed by atoms with Crippen molar-refractivity contribution in [3.63, 3.8) is 0 Å². The van der Waals surface area contributed by atoms with Crippen LogP contribution in [0.5, 0.6) is 0 Å². The number of rotatable bonds is 5. The van der Waals surface area contributed by atoms with Crippen LogP contribution >= 0.6 is 12.4 Å². The van der Waals surface area contributed by atoms with Gasteiger partial charge in [-0.25, -0.2) is 0 Å². The number of carbonyl (C=O) groups excluding carboxylic acids is 1. The Hall–Kier alpha value is -2.43. The Labute approximate surface area is 177 Å². The number of aromatic nitrogens is 1. The maximum atomic E-state index is 13.2. The van der Waals surface area contributed by atoms with Gasteiger partial charge in [0.2, 0.25) is 5.56 Å². The van der Waals surface area contributed by atoms with Gasteiger partial charge in [0.15, 0.2) is 5.78 Å². The van der Waals surface area contributed by atoms with Gasteiger partial charge in [0.05, 0.1) is 6.04 Å². The van der Waals surface area contributed by atoms with Gasteiger partial charge in [0.25, 0.3) is 0 Å². The summed E-state index contributed by atoms with van der Waals surface area (Å²) in [5, 5.41) is 0.892. The number of pyridine rings is 1. The molecule has 2 aromatic carbocycles. The molecule has 0 bridgehead atoms. The fourth-order valence-corrected chi connectivity index (χ4v) is 4.38. The van der Waals surface area contributed by atoms with Gasteiger partial charge in [0.1, 0.15) is 0 Å². The highest BCUT2D eigenvalue weighted by Crippen LogP contribution is 2.30. The van der Waals surface area contributed by atoms with Crippen LogP contribution in [-0.2, 0) is 0 Å². The zero-order valence-electron chi connectivity index (χ0n) is 16.6. The lowest BCUT2D eigenvalue weighted by Gasteiger charge is -2.36. The number of piperidine rings is 1. The zero-order chi connectivity index (χ0) is 19.5. The van der Waals surface area contributed by atoms with Crippen LogP contribution in [0.4, 0.5) is 0 Å². The van der Waals surface area contributed by atoms with E-state index in [0.717, 1.165) is 48.8 Å². The predicted molar refractivity (Wildman–Crippen MR) is 120 cm³/mol. The van der Waals surface area contributed by atoms with Crippen LogP contribution in [0.1, 0.15) is 48.0 Å². The van der Waals surface area contributed by atoms with Crippen molar-refractivity contribution in [2.45, 2.75) is 38.1 Å². The number of carbonyl (C=O) groups is 1. The minimum Gasteiger partial charge on any atom is -0.322 e. The summed E-state index contributed by atoms with van der Waals surface area (Å²) in [6, 6.07) is 19.4. The number of aromatic amines is 1. The molecule has 5 heteroatoms. The molecule has 1 aliphatic rings. The maximum Gasteiger partial charge on any atom is 0.248 e. The Bertz CT molecular complexity index is 1020. The Morgan fingerprint density at radius 3 is 2.48 bits per heavy atom. The number of likely N-dealkylation sites (tertiary alicyclic amines) is 1. The number of halogens is 1.